The lowest BCUT2D eigenvalue weighted by molar-refractivity contribution is 0.616. The summed E-state index contributed by atoms with van der Waals surface area (Å²) in [5.41, 5.74) is 1.42. The van der Waals surface area contributed by atoms with Crippen molar-refractivity contribution in [3.63, 3.8) is 0 Å². The van der Waals surface area contributed by atoms with Gasteiger partial charge >= 0.3 is 0 Å². The summed E-state index contributed by atoms with van der Waals surface area (Å²) in [6.07, 6.45) is 0. The minimum atomic E-state index is -0.705. The Balaban J connectivity index is 2.21. The van der Waals surface area contributed by atoms with E-state index in [2.05, 4.69) is 0 Å². The summed E-state index contributed by atoms with van der Waals surface area (Å²) in [6, 6.07) is 15.3. The minimum Gasteiger partial charge on any atom is -0.206 e. The highest BCUT2D eigenvalue weighted by molar-refractivity contribution is 6.36. The molecule has 3 aromatic rings. The fourth-order valence-corrected chi connectivity index (χ4v) is 2.93. The van der Waals surface area contributed by atoms with Gasteiger partial charge in [-0.3, -0.25) is 0 Å². The zero-order chi connectivity index (χ0) is 17.3. The Kier molecular flexibility index (Phi) is 4.53. The topological polar surface area (TPSA) is 23.8 Å². The summed E-state index contributed by atoms with van der Waals surface area (Å²) < 4.78 is 28.6. The lowest BCUT2D eigenvalue weighted by atomic mass is 9.97. The molecule has 118 valence electrons. The van der Waals surface area contributed by atoms with Crippen molar-refractivity contribution in [1.29, 1.82) is 5.26 Å². The van der Waals surface area contributed by atoms with Crippen molar-refractivity contribution in [3.05, 3.63) is 81.8 Å². The number of rotatable bonds is 2. The first-order valence-corrected chi connectivity index (χ1v) is 7.71. The second-order valence-corrected chi connectivity index (χ2v) is 5.91. The quantitative estimate of drug-likeness (QED) is 0.513. The molecule has 0 radical (unpaired) electrons. The molecule has 24 heavy (non-hydrogen) atoms. The Bertz CT molecular complexity index is 960. The largest absolute Gasteiger partial charge is 0.206 e. The van der Waals surface area contributed by atoms with Gasteiger partial charge in [0.25, 0.3) is 0 Å². The maximum atomic E-state index is 14.3. The molecular weight excluding hydrogens is 351 g/mol. The van der Waals surface area contributed by atoms with Gasteiger partial charge in [0.1, 0.15) is 11.6 Å². The van der Waals surface area contributed by atoms with E-state index in [1.54, 1.807) is 24.3 Å². The average molecular weight is 360 g/mol. The van der Waals surface area contributed by atoms with Crippen LogP contribution in [0.2, 0.25) is 10.0 Å². The van der Waals surface area contributed by atoms with Crippen LogP contribution < -0.4 is 0 Å². The Morgan fingerprint density at radius 1 is 0.792 bits per heavy atom. The van der Waals surface area contributed by atoms with Crippen molar-refractivity contribution in [2.75, 3.05) is 0 Å². The number of nitrogens with zero attached hydrogens (tertiary/aromatic N) is 1. The normalized spacial score (nSPS) is 10.5. The molecule has 0 aliphatic rings. The zero-order valence-corrected chi connectivity index (χ0v) is 13.7. The molecule has 0 amide bonds. The van der Waals surface area contributed by atoms with E-state index >= 15 is 0 Å². The van der Waals surface area contributed by atoms with E-state index in [1.807, 2.05) is 6.07 Å². The van der Waals surface area contributed by atoms with Crippen LogP contribution in [0.3, 0.4) is 0 Å². The molecular formula is C19H9Cl2F2N. The summed E-state index contributed by atoms with van der Waals surface area (Å²) >= 11 is 12.2. The first-order chi connectivity index (χ1) is 11.5. The molecule has 5 heteroatoms. The van der Waals surface area contributed by atoms with E-state index in [9.17, 15) is 8.78 Å². The van der Waals surface area contributed by atoms with Crippen molar-refractivity contribution in [3.8, 4) is 28.3 Å². The molecule has 0 N–H and O–H groups in total. The fourth-order valence-electron chi connectivity index (χ4n) is 2.44. The third kappa shape index (κ3) is 2.99. The molecule has 0 atom stereocenters. The van der Waals surface area contributed by atoms with E-state index in [0.29, 0.717) is 10.6 Å². The highest BCUT2D eigenvalue weighted by Crippen LogP contribution is 2.39. The van der Waals surface area contributed by atoms with Crippen molar-refractivity contribution in [1.82, 2.24) is 0 Å². The van der Waals surface area contributed by atoms with Gasteiger partial charge in [-0.1, -0.05) is 35.3 Å². The summed E-state index contributed by atoms with van der Waals surface area (Å²) in [5, 5.41) is 9.48. The molecule has 3 rings (SSSR count). The second kappa shape index (κ2) is 6.60. The van der Waals surface area contributed by atoms with Gasteiger partial charge in [0, 0.05) is 21.7 Å². The molecule has 1 nitrogen and oxygen atoms in total. The molecule has 0 unspecified atom stereocenters. The van der Waals surface area contributed by atoms with Crippen molar-refractivity contribution < 1.29 is 8.78 Å². The average Bonchev–Trinajstić information content (AvgIpc) is 2.57. The van der Waals surface area contributed by atoms with Crippen LogP contribution in [0.15, 0.2) is 54.6 Å². The van der Waals surface area contributed by atoms with Crippen LogP contribution in [0, 0.1) is 23.0 Å². The monoisotopic (exact) mass is 359 g/mol. The Hall–Kier alpha value is -2.41. The number of nitriles is 1. The minimum absolute atomic E-state index is 0.00677. The summed E-state index contributed by atoms with van der Waals surface area (Å²) in [7, 11) is 0. The van der Waals surface area contributed by atoms with Crippen LogP contribution in [0.25, 0.3) is 22.3 Å². The van der Waals surface area contributed by atoms with Gasteiger partial charge in [0.2, 0.25) is 0 Å². The number of hydrogen-bond donors (Lipinski definition) is 0. The summed E-state index contributed by atoms with van der Waals surface area (Å²) in [6.45, 7) is 0. The lowest BCUT2D eigenvalue weighted by Gasteiger charge is -2.12. The number of hydrogen-bond acceptors (Lipinski definition) is 1. The van der Waals surface area contributed by atoms with E-state index in [0.717, 1.165) is 11.6 Å². The van der Waals surface area contributed by atoms with Crippen LogP contribution in [-0.4, -0.2) is 0 Å². The lowest BCUT2D eigenvalue weighted by Crippen LogP contribution is -1.93. The van der Waals surface area contributed by atoms with Crippen LogP contribution in [-0.2, 0) is 0 Å². The molecule has 0 bridgehead atoms. The molecule has 0 fully saturated rings. The summed E-state index contributed by atoms with van der Waals surface area (Å²) in [5.74, 6) is -1.34. The highest BCUT2D eigenvalue weighted by Gasteiger charge is 2.18. The first-order valence-electron chi connectivity index (χ1n) is 6.95. The number of benzene rings is 3. The maximum absolute atomic E-state index is 14.3. The van der Waals surface area contributed by atoms with Gasteiger partial charge in [-0.25, -0.2) is 8.78 Å². The Morgan fingerprint density at radius 3 is 2.08 bits per heavy atom. The molecule has 0 aliphatic heterocycles. The standard InChI is InChI=1S/C19H9Cl2F2N/c20-13-4-2-12(3-5-13)14-7-8-16(22)18(19(14)21)15-6-1-11(10-24)9-17(15)23/h1-9H. The fraction of sp³-hybridized carbons (Fsp3) is 0. The predicted octanol–water partition coefficient (Wildman–Crippen LogP) is 6.48. The van der Waals surface area contributed by atoms with Gasteiger partial charge in [0.15, 0.2) is 0 Å². The maximum Gasteiger partial charge on any atom is 0.132 e. The van der Waals surface area contributed by atoms with Gasteiger partial charge in [-0.15, -0.1) is 0 Å². The smallest absolute Gasteiger partial charge is 0.132 e. The highest BCUT2D eigenvalue weighted by atomic mass is 35.5. The van der Waals surface area contributed by atoms with Crippen LogP contribution in [0.1, 0.15) is 5.56 Å². The van der Waals surface area contributed by atoms with Gasteiger partial charge < -0.3 is 0 Å². The van der Waals surface area contributed by atoms with Gasteiger partial charge in [0.05, 0.1) is 16.7 Å². The van der Waals surface area contributed by atoms with E-state index in [-0.39, 0.29) is 21.7 Å². The van der Waals surface area contributed by atoms with Crippen LogP contribution >= 0.6 is 23.2 Å². The third-order valence-corrected chi connectivity index (χ3v) is 4.26. The third-order valence-electron chi connectivity index (χ3n) is 3.61. The molecule has 0 aliphatic carbocycles. The number of halogens is 4. The first kappa shape index (κ1) is 16.4. The molecule has 0 heterocycles. The predicted molar refractivity (Wildman–Crippen MR) is 92.0 cm³/mol. The Labute approximate surface area is 147 Å². The molecule has 0 saturated heterocycles. The molecule has 0 spiro atoms. The summed E-state index contributed by atoms with van der Waals surface area (Å²) in [4.78, 5) is 0. The van der Waals surface area contributed by atoms with Crippen LogP contribution in [0.4, 0.5) is 8.78 Å². The van der Waals surface area contributed by atoms with Crippen LogP contribution in [0.5, 0.6) is 0 Å². The second-order valence-electron chi connectivity index (χ2n) is 5.10. The molecule has 0 saturated carbocycles. The molecule has 0 aromatic heterocycles. The van der Waals surface area contributed by atoms with Gasteiger partial charge in [-0.2, -0.15) is 5.26 Å². The molecule has 3 aromatic carbocycles. The van der Waals surface area contributed by atoms with Crippen molar-refractivity contribution >= 4 is 23.2 Å². The Morgan fingerprint density at radius 2 is 1.46 bits per heavy atom. The van der Waals surface area contributed by atoms with E-state index < -0.39 is 11.6 Å². The van der Waals surface area contributed by atoms with Crippen molar-refractivity contribution in [2.45, 2.75) is 0 Å². The van der Waals surface area contributed by atoms with Crippen molar-refractivity contribution in [2.24, 2.45) is 0 Å². The van der Waals surface area contributed by atoms with Gasteiger partial charge in [-0.05, 0) is 48.0 Å². The zero-order valence-electron chi connectivity index (χ0n) is 12.2. The van der Waals surface area contributed by atoms with E-state index in [4.69, 9.17) is 28.5 Å². The SMILES string of the molecule is N#Cc1ccc(-c2c(F)ccc(-c3ccc(Cl)cc3)c2Cl)c(F)c1. The van der Waals surface area contributed by atoms with E-state index in [1.165, 1.54) is 24.3 Å².